The Morgan fingerprint density at radius 1 is 1.53 bits per heavy atom. The molecule has 2 rings (SSSR count). The van der Waals surface area contributed by atoms with Crippen LogP contribution >= 0.6 is 22.9 Å². The van der Waals surface area contributed by atoms with E-state index in [9.17, 15) is 13.6 Å². The number of pyridine rings is 1. The number of thiophene rings is 1. The summed E-state index contributed by atoms with van der Waals surface area (Å²) < 4.78 is 30.0. The minimum absolute atomic E-state index is 0.0297. The summed E-state index contributed by atoms with van der Waals surface area (Å²) >= 11 is 6.84. The van der Waals surface area contributed by atoms with Gasteiger partial charge in [-0.25, -0.2) is 18.6 Å². The number of fused-ring (bicyclic) bond motifs is 1. The number of rotatable bonds is 2. The number of hydrogen-bond acceptors (Lipinski definition) is 4. The molecule has 0 atom stereocenters. The highest BCUT2D eigenvalue weighted by Crippen LogP contribution is 2.33. The van der Waals surface area contributed by atoms with Crippen LogP contribution in [0.4, 0.5) is 8.78 Å². The minimum atomic E-state index is -2.70. The molecule has 0 unspecified atom stereocenters. The van der Waals surface area contributed by atoms with Crippen molar-refractivity contribution in [3.05, 3.63) is 27.9 Å². The van der Waals surface area contributed by atoms with Gasteiger partial charge >= 0.3 is 5.97 Å². The smallest absolute Gasteiger partial charge is 0.348 e. The Morgan fingerprint density at radius 2 is 2.24 bits per heavy atom. The minimum Gasteiger partial charge on any atom is -0.465 e. The Kier molecular flexibility index (Phi) is 3.26. The lowest BCUT2D eigenvalue weighted by Crippen LogP contribution is -1.96. The summed E-state index contributed by atoms with van der Waals surface area (Å²) in [5.74, 6) is -0.527. The van der Waals surface area contributed by atoms with Gasteiger partial charge in [-0.1, -0.05) is 11.6 Å². The largest absolute Gasteiger partial charge is 0.465 e. The standard InChI is InChI=1S/C10H6ClF2NO2S/c1-16-10(15)6-3-4-2-5(9(12)13)14-8(11)7(4)17-6/h2-3,9H,1H3. The number of alkyl halides is 2. The average Bonchev–Trinajstić information content (AvgIpc) is 2.72. The number of esters is 1. The third-order valence-corrected chi connectivity index (χ3v) is 3.61. The second-order valence-corrected chi connectivity index (χ2v) is 4.57. The zero-order valence-electron chi connectivity index (χ0n) is 8.54. The van der Waals surface area contributed by atoms with Crippen LogP contribution in [0.15, 0.2) is 12.1 Å². The van der Waals surface area contributed by atoms with Gasteiger partial charge in [0.2, 0.25) is 0 Å². The third-order valence-electron chi connectivity index (χ3n) is 2.09. The van der Waals surface area contributed by atoms with Crippen molar-refractivity contribution in [3.8, 4) is 0 Å². The van der Waals surface area contributed by atoms with Crippen molar-refractivity contribution < 1.29 is 18.3 Å². The van der Waals surface area contributed by atoms with Crippen molar-refractivity contribution in [1.82, 2.24) is 4.98 Å². The van der Waals surface area contributed by atoms with Crippen LogP contribution in [0.5, 0.6) is 0 Å². The van der Waals surface area contributed by atoms with Crippen LogP contribution in [0.25, 0.3) is 10.1 Å². The number of nitrogens with zero attached hydrogens (tertiary/aromatic N) is 1. The van der Waals surface area contributed by atoms with E-state index in [4.69, 9.17) is 11.6 Å². The second kappa shape index (κ2) is 4.54. The number of carbonyl (C=O) groups excluding carboxylic acids is 1. The first-order valence-corrected chi connectivity index (χ1v) is 5.69. The highest BCUT2D eigenvalue weighted by molar-refractivity contribution is 7.21. The fourth-order valence-electron chi connectivity index (χ4n) is 1.34. The molecule has 2 aromatic heterocycles. The lowest BCUT2D eigenvalue weighted by molar-refractivity contribution is 0.0606. The molecule has 90 valence electrons. The van der Waals surface area contributed by atoms with E-state index < -0.39 is 18.1 Å². The van der Waals surface area contributed by atoms with E-state index in [1.165, 1.54) is 19.2 Å². The Hall–Kier alpha value is -1.27. The lowest BCUT2D eigenvalue weighted by Gasteiger charge is -1.99. The third kappa shape index (κ3) is 2.23. The van der Waals surface area contributed by atoms with Crippen molar-refractivity contribution in [2.45, 2.75) is 6.43 Å². The van der Waals surface area contributed by atoms with Gasteiger partial charge in [0, 0.05) is 0 Å². The van der Waals surface area contributed by atoms with E-state index in [0.717, 1.165) is 11.3 Å². The summed E-state index contributed by atoms with van der Waals surface area (Å²) in [6.45, 7) is 0. The van der Waals surface area contributed by atoms with Gasteiger partial charge in [0.05, 0.1) is 11.8 Å². The molecular weight excluding hydrogens is 272 g/mol. The zero-order chi connectivity index (χ0) is 12.6. The number of hydrogen-bond donors (Lipinski definition) is 0. The van der Waals surface area contributed by atoms with E-state index in [-0.39, 0.29) is 5.15 Å². The molecule has 0 saturated heterocycles. The van der Waals surface area contributed by atoms with Gasteiger partial charge in [0.1, 0.15) is 15.7 Å². The Labute approximate surface area is 104 Å². The molecule has 0 aliphatic rings. The van der Waals surface area contributed by atoms with Crippen LogP contribution in [-0.2, 0) is 4.74 Å². The molecule has 0 radical (unpaired) electrons. The van der Waals surface area contributed by atoms with Gasteiger partial charge in [-0.2, -0.15) is 0 Å². The maximum Gasteiger partial charge on any atom is 0.348 e. The van der Waals surface area contributed by atoms with Gasteiger partial charge in [0.15, 0.2) is 0 Å². The summed E-state index contributed by atoms with van der Waals surface area (Å²) in [6, 6.07) is 2.68. The first-order chi connectivity index (χ1) is 8.02. The summed E-state index contributed by atoms with van der Waals surface area (Å²) in [7, 11) is 1.25. The molecule has 7 heteroatoms. The van der Waals surface area contributed by atoms with Crippen LogP contribution in [0.1, 0.15) is 21.8 Å². The summed E-state index contributed by atoms with van der Waals surface area (Å²) in [4.78, 5) is 15.2. The van der Waals surface area contributed by atoms with Crippen LogP contribution in [0.3, 0.4) is 0 Å². The van der Waals surface area contributed by atoms with Gasteiger partial charge in [-0.15, -0.1) is 11.3 Å². The maximum absolute atomic E-state index is 12.5. The summed E-state index contributed by atoms with van der Waals surface area (Å²) in [5.41, 5.74) is -0.406. The summed E-state index contributed by atoms with van der Waals surface area (Å²) in [5, 5.41) is 0.434. The van der Waals surface area contributed by atoms with E-state index in [2.05, 4.69) is 9.72 Å². The van der Waals surface area contributed by atoms with Crippen molar-refractivity contribution in [1.29, 1.82) is 0 Å². The molecule has 0 saturated carbocycles. The lowest BCUT2D eigenvalue weighted by atomic mass is 10.2. The molecule has 0 aliphatic heterocycles. The monoisotopic (exact) mass is 277 g/mol. The molecule has 0 aromatic carbocycles. The van der Waals surface area contributed by atoms with Crippen LogP contribution in [-0.4, -0.2) is 18.1 Å². The fourth-order valence-corrected chi connectivity index (χ4v) is 2.60. The van der Waals surface area contributed by atoms with E-state index in [1.807, 2.05) is 0 Å². The predicted octanol–water partition coefficient (Wildman–Crippen LogP) is 3.67. The maximum atomic E-state index is 12.5. The molecule has 0 bridgehead atoms. The van der Waals surface area contributed by atoms with Gasteiger partial charge in [-0.05, 0) is 17.5 Å². The first-order valence-electron chi connectivity index (χ1n) is 4.49. The fraction of sp³-hybridized carbons (Fsp3) is 0.200. The highest BCUT2D eigenvalue weighted by Gasteiger charge is 2.17. The quantitative estimate of drug-likeness (QED) is 0.621. The molecule has 0 N–H and O–H groups in total. The molecule has 2 aromatic rings. The van der Waals surface area contributed by atoms with Gasteiger partial charge < -0.3 is 4.74 Å². The first kappa shape index (κ1) is 12.2. The van der Waals surface area contributed by atoms with E-state index in [0.29, 0.717) is 15.0 Å². The van der Waals surface area contributed by atoms with Crippen molar-refractivity contribution >= 4 is 39.0 Å². The number of ether oxygens (including phenoxy) is 1. The SMILES string of the molecule is COC(=O)c1cc2cc(C(F)F)nc(Cl)c2s1. The Morgan fingerprint density at radius 3 is 2.82 bits per heavy atom. The van der Waals surface area contributed by atoms with Crippen molar-refractivity contribution in [2.75, 3.05) is 7.11 Å². The average molecular weight is 278 g/mol. The molecule has 3 nitrogen and oxygen atoms in total. The number of aromatic nitrogens is 1. The van der Waals surface area contributed by atoms with Crippen molar-refractivity contribution in [2.24, 2.45) is 0 Å². The topological polar surface area (TPSA) is 39.2 Å². The molecule has 0 amide bonds. The normalized spacial score (nSPS) is 11.1. The van der Waals surface area contributed by atoms with Crippen molar-refractivity contribution in [3.63, 3.8) is 0 Å². The van der Waals surface area contributed by atoms with E-state index >= 15 is 0 Å². The number of methoxy groups -OCH3 is 1. The molecule has 0 fully saturated rings. The van der Waals surface area contributed by atoms with Gasteiger partial charge in [0.25, 0.3) is 6.43 Å². The highest BCUT2D eigenvalue weighted by atomic mass is 35.5. The summed E-state index contributed by atoms with van der Waals surface area (Å²) in [6.07, 6.45) is -2.70. The molecular formula is C10H6ClF2NO2S. The molecule has 17 heavy (non-hydrogen) atoms. The van der Waals surface area contributed by atoms with Crippen LogP contribution < -0.4 is 0 Å². The predicted molar refractivity (Wildman–Crippen MR) is 60.9 cm³/mol. The number of carbonyl (C=O) groups is 1. The number of halogens is 3. The van der Waals surface area contributed by atoms with Crippen LogP contribution in [0, 0.1) is 0 Å². The second-order valence-electron chi connectivity index (χ2n) is 3.16. The molecule has 0 aliphatic carbocycles. The molecule has 0 spiro atoms. The molecule has 2 heterocycles. The van der Waals surface area contributed by atoms with Gasteiger partial charge in [-0.3, -0.25) is 0 Å². The Bertz CT molecular complexity index is 585. The zero-order valence-corrected chi connectivity index (χ0v) is 10.1. The Balaban J connectivity index is 2.60. The van der Waals surface area contributed by atoms with E-state index in [1.54, 1.807) is 0 Å². The van der Waals surface area contributed by atoms with Crippen LogP contribution in [0.2, 0.25) is 5.15 Å².